The number of carbonyl (C=O) groups excluding carboxylic acids is 4. The molecule has 8 heteroatoms. The number of hydrogen-bond acceptors (Lipinski definition) is 6. The van der Waals surface area contributed by atoms with Crippen molar-refractivity contribution >= 4 is 23.8 Å². The van der Waals surface area contributed by atoms with Crippen LogP contribution < -0.4 is 5.32 Å². The second-order valence-electron chi connectivity index (χ2n) is 26.8. The van der Waals surface area contributed by atoms with Gasteiger partial charge in [0.25, 0.3) is 0 Å². The fourth-order valence-corrected chi connectivity index (χ4v) is 17.5. The molecular weight excluding hydrogens is 773 g/mol. The summed E-state index contributed by atoms with van der Waals surface area (Å²) < 4.78 is 12.3. The lowest BCUT2D eigenvalue weighted by Crippen LogP contribution is -2.68. The Balaban J connectivity index is 0.974. The first-order valence-corrected chi connectivity index (χ1v) is 25.7. The van der Waals surface area contributed by atoms with Crippen LogP contribution in [0.4, 0.5) is 0 Å². The maximum absolute atomic E-state index is 15.1. The van der Waals surface area contributed by atoms with Gasteiger partial charge >= 0.3 is 11.9 Å². The summed E-state index contributed by atoms with van der Waals surface area (Å²) in [4.78, 5) is 58.0. The summed E-state index contributed by atoms with van der Waals surface area (Å²) in [6.07, 6.45) is 15.4. The highest BCUT2D eigenvalue weighted by atomic mass is 16.6. The van der Waals surface area contributed by atoms with Crippen LogP contribution in [0.3, 0.4) is 0 Å². The van der Waals surface area contributed by atoms with Gasteiger partial charge < -0.3 is 19.7 Å². The molecule has 3 unspecified atom stereocenters. The molecule has 0 aromatic carbocycles. The molecule has 0 aromatic heterocycles. The molecule has 1 saturated heterocycles. The van der Waals surface area contributed by atoms with E-state index in [1.54, 1.807) is 0 Å². The molecule has 14 atom stereocenters. The van der Waals surface area contributed by atoms with Crippen molar-refractivity contribution in [2.45, 2.75) is 211 Å². The molecule has 0 aromatic rings. The first kappa shape index (κ1) is 46.4. The normalized spacial score (nSPS) is 45.2. The van der Waals surface area contributed by atoms with Crippen LogP contribution in [0.25, 0.3) is 0 Å². The van der Waals surface area contributed by atoms with Gasteiger partial charge in [0.05, 0.1) is 17.3 Å². The van der Waals surface area contributed by atoms with Crippen molar-refractivity contribution in [1.82, 2.24) is 10.2 Å². The number of esters is 2. The van der Waals surface area contributed by atoms with Gasteiger partial charge in [-0.15, -0.1) is 0 Å². The average molecular weight is 861 g/mol. The van der Waals surface area contributed by atoms with Crippen LogP contribution in [-0.2, 0) is 28.7 Å². The zero-order valence-corrected chi connectivity index (χ0v) is 41.8. The van der Waals surface area contributed by atoms with Gasteiger partial charge in [-0.25, -0.2) is 0 Å². The molecule has 0 radical (unpaired) electrons. The van der Waals surface area contributed by atoms with Crippen LogP contribution in [0.2, 0.25) is 0 Å². The predicted octanol–water partition coefficient (Wildman–Crippen LogP) is 11.2. The first-order valence-electron chi connectivity index (χ1n) is 25.7. The van der Waals surface area contributed by atoms with E-state index in [1.807, 2.05) is 34.6 Å². The number of nitrogens with one attached hydrogen (secondary N) is 1. The predicted molar refractivity (Wildman–Crippen MR) is 244 cm³/mol. The summed E-state index contributed by atoms with van der Waals surface area (Å²) in [5.41, 5.74) is -1.33. The SMILES string of the molecule is CC(C)[C@@H]1CC[C@]2(C(=O)NC3C[C@@H](C(=O)N4CCCCC4)C3(C)C)CC[C@]3(C)[C@H](CC[C@@H]4[C@@]5(C)CC[C@H](OC(=O)C6C[C@H](C(=O)OC(C)(C)C)C6(C)C)C(C)(C)[C@@H]5CC[C@]43C)C12. The van der Waals surface area contributed by atoms with Crippen LogP contribution >= 0.6 is 0 Å². The number of hydrogen-bond donors (Lipinski definition) is 1. The second kappa shape index (κ2) is 15.2. The van der Waals surface area contributed by atoms with Crippen molar-refractivity contribution in [2.24, 2.45) is 91.2 Å². The lowest BCUT2D eigenvalue weighted by molar-refractivity contribution is -0.252. The smallest absolute Gasteiger partial charge is 0.310 e. The Morgan fingerprint density at radius 1 is 0.645 bits per heavy atom. The van der Waals surface area contributed by atoms with Gasteiger partial charge in [-0.1, -0.05) is 76.2 Å². The zero-order valence-electron chi connectivity index (χ0n) is 41.8. The van der Waals surface area contributed by atoms with Gasteiger partial charge in [0.1, 0.15) is 11.7 Å². The minimum atomic E-state index is -0.552. The Labute approximate surface area is 376 Å². The van der Waals surface area contributed by atoms with E-state index in [1.165, 1.54) is 25.7 Å². The van der Waals surface area contributed by atoms with Gasteiger partial charge in [-0.3, -0.25) is 19.2 Å². The molecule has 1 heterocycles. The maximum Gasteiger partial charge on any atom is 0.310 e. The van der Waals surface area contributed by atoms with Crippen LogP contribution in [-0.4, -0.2) is 59.5 Å². The highest BCUT2D eigenvalue weighted by Crippen LogP contribution is 2.78. The van der Waals surface area contributed by atoms with Crippen molar-refractivity contribution in [3.8, 4) is 0 Å². The third-order valence-electron chi connectivity index (χ3n) is 21.8. The lowest BCUT2D eigenvalue weighted by atomic mass is 9.32. The molecule has 62 heavy (non-hydrogen) atoms. The molecule has 1 aliphatic heterocycles. The molecular formula is C54H88N2O6. The number of nitrogens with zero attached hydrogens (tertiary/aromatic N) is 1. The van der Waals surface area contributed by atoms with Gasteiger partial charge in [0, 0.05) is 30.5 Å². The van der Waals surface area contributed by atoms with Crippen LogP contribution in [0.5, 0.6) is 0 Å². The number of piperidine rings is 1. The summed E-state index contributed by atoms with van der Waals surface area (Å²) in [6, 6.07) is 0.0470. The Morgan fingerprint density at radius 3 is 1.92 bits per heavy atom. The molecule has 1 N–H and O–H groups in total. The summed E-state index contributed by atoms with van der Waals surface area (Å²) in [5.74, 6) is 2.68. The molecule has 8 nitrogen and oxygen atoms in total. The molecule has 0 spiro atoms. The van der Waals surface area contributed by atoms with Crippen LogP contribution in [0.15, 0.2) is 0 Å². The third kappa shape index (κ3) is 6.81. The van der Waals surface area contributed by atoms with Crippen LogP contribution in [0, 0.1) is 91.2 Å². The number of fused-ring (bicyclic) bond motifs is 7. The van der Waals surface area contributed by atoms with Crippen molar-refractivity contribution in [1.29, 1.82) is 0 Å². The second-order valence-corrected chi connectivity index (χ2v) is 26.8. The fraction of sp³-hybridized carbons (Fsp3) is 0.926. The first-order chi connectivity index (χ1) is 28.7. The van der Waals surface area contributed by atoms with Gasteiger partial charge in [0.15, 0.2) is 0 Å². The molecule has 8 rings (SSSR count). The maximum atomic E-state index is 15.1. The molecule has 0 bridgehead atoms. The largest absolute Gasteiger partial charge is 0.462 e. The van der Waals surface area contributed by atoms with E-state index >= 15 is 4.79 Å². The standard InChI is InChI=1S/C54H88N2O6/c1-32(2)33-20-25-54(46(60)55-40-31-35(49(40,8)9)43(57)56-28-16-15-17-29-56)27-26-52(13)34(42(33)54)18-19-39-51(12)23-22-41(50(10,11)38(51)21-24-53(39,52)14)61-44(58)36-30-37(48(36,6)7)45(59)62-47(3,4)5/h32-42H,15-31H2,1-14H3,(H,55,60)/t33-,34+,35-,36?,37+,38-,39+,40?,41-,42?,51-,52+,53+,54-/m0/s1. The van der Waals surface area contributed by atoms with Crippen molar-refractivity contribution in [3.63, 3.8) is 0 Å². The Kier molecular flexibility index (Phi) is 11.4. The summed E-state index contributed by atoms with van der Waals surface area (Å²) in [5, 5.41) is 3.70. The Hall–Kier alpha value is -2.12. The number of ether oxygens (including phenoxy) is 2. The van der Waals surface area contributed by atoms with Gasteiger partial charge in [0.2, 0.25) is 11.8 Å². The quantitative estimate of drug-likeness (QED) is 0.256. The summed E-state index contributed by atoms with van der Waals surface area (Å²) in [7, 11) is 0. The summed E-state index contributed by atoms with van der Waals surface area (Å²) >= 11 is 0. The molecule has 8 aliphatic rings. The van der Waals surface area contributed by atoms with Gasteiger partial charge in [-0.05, 0) is 180 Å². The third-order valence-corrected chi connectivity index (χ3v) is 21.8. The van der Waals surface area contributed by atoms with E-state index in [2.05, 4.69) is 72.5 Å². The van der Waals surface area contributed by atoms with E-state index in [9.17, 15) is 14.4 Å². The minimum Gasteiger partial charge on any atom is -0.462 e. The number of amides is 2. The van der Waals surface area contributed by atoms with Crippen LogP contribution in [0.1, 0.15) is 193 Å². The highest BCUT2D eigenvalue weighted by molar-refractivity contribution is 5.86. The number of rotatable bonds is 7. The number of carbonyl (C=O) groups is 4. The molecule has 7 saturated carbocycles. The van der Waals surface area contributed by atoms with Crippen molar-refractivity contribution < 1.29 is 28.7 Å². The number of likely N-dealkylation sites (tertiary alicyclic amines) is 1. The van der Waals surface area contributed by atoms with E-state index < -0.39 is 11.0 Å². The molecule has 8 fully saturated rings. The van der Waals surface area contributed by atoms with E-state index in [0.717, 1.165) is 77.3 Å². The Bertz CT molecular complexity index is 1790. The van der Waals surface area contributed by atoms with Gasteiger partial charge in [-0.2, -0.15) is 0 Å². The molecule has 2 amide bonds. The lowest BCUT2D eigenvalue weighted by Gasteiger charge is -2.73. The molecule has 7 aliphatic carbocycles. The van der Waals surface area contributed by atoms with E-state index in [0.29, 0.717) is 53.7 Å². The zero-order chi connectivity index (χ0) is 45.4. The van der Waals surface area contributed by atoms with E-state index in [4.69, 9.17) is 9.47 Å². The van der Waals surface area contributed by atoms with E-state index in [-0.39, 0.29) is 74.3 Å². The van der Waals surface area contributed by atoms with Crippen molar-refractivity contribution in [3.05, 3.63) is 0 Å². The highest BCUT2D eigenvalue weighted by Gasteiger charge is 2.73. The fourth-order valence-electron chi connectivity index (χ4n) is 17.5. The summed E-state index contributed by atoms with van der Waals surface area (Å²) in [6.45, 7) is 33.5. The van der Waals surface area contributed by atoms with Crippen molar-refractivity contribution in [2.75, 3.05) is 13.1 Å². The molecule has 350 valence electrons. The Morgan fingerprint density at radius 2 is 1.31 bits per heavy atom. The topological polar surface area (TPSA) is 102 Å². The monoisotopic (exact) mass is 861 g/mol. The minimum absolute atomic E-state index is 0.00637. The average Bonchev–Trinajstić information content (AvgIpc) is 3.58.